The van der Waals surface area contributed by atoms with Gasteiger partial charge in [-0.25, -0.2) is 0 Å². The predicted octanol–water partition coefficient (Wildman–Crippen LogP) is 16.5. The summed E-state index contributed by atoms with van der Waals surface area (Å²) in [4.78, 5) is 0. The molecule has 59 heavy (non-hydrogen) atoms. The fourth-order valence-electron chi connectivity index (χ4n) is 9.09. The van der Waals surface area contributed by atoms with E-state index in [1.165, 1.54) is 0 Å². The van der Waals surface area contributed by atoms with E-state index in [-0.39, 0.29) is 47.4 Å². The van der Waals surface area contributed by atoms with Gasteiger partial charge in [-0.05, 0) is 117 Å². The average molecular weight is 759 g/mol. The Bertz CT molecular complexity index is 4080. The van der Waals surface area contributed by atoms with Gasteiger partial charge in [0.2, 0.25) is 0 Å². The van der Waals surface area contributed by atoms with Gasteiger partial charge in [-0.15, -0.1) is 0 Å². The predicted molar refractivity (Wildman–Crippen MR) is 251 cm³/mol. The smallest absolute Gasteiger partial charge is 0.143 e. The zero-order chi connectivity index (χ0) is 47.6. The Morgan fingerprint density at radius 1 is 0.322 bits per heavy atom. The lowest BCUT2D eigenvalue weighted by atomic mass is 9.84. The molecule has 274 valence electrons. The molecular weight excluding hydrogens is 713 g/mol. The summed E-state index contributed by atoms with van der Waals surface area (Å²) >= 11 is 0. The molecule has 0 aliphatic heterocycles. The normalized spacial score (nSPS) is 14.1. The molecule has 1 nitrogen and oxygen atoms in total. The molecule has 0 aliphatic carbocycles. The highest BCUT2D eigenvalue weighted by Crippen LogP contribution is 2.47. The van der Waals surface area contributed by atoms with Gasteiger partial charge in [0, 0.05) is 16.3 Å². The zero-order valence-corrected chi connectivity index (χ0v) is 31.4. The summed E-state index contributed by atoms with van der Waals surface area (Å²) in [6.07, 6.45) is 0. The Hall–Kier alpha value is -7.74. The Kier molecular flexibility index (Phi) is 5.65. The van der Waals surface area contributed by atoms with Crippen molar-refractivity contribution in [3.63, 3.8) is 0 Å². The van der Waals surface area contributed by atoms with E-state index in [9.17, 15) is 0 Å². The minimum absolute atomic E-state index is 0.0747. The van der Waals surface area contributed by atoms with Gasteiger partial charge in [-0.1, -0.05) is 194 Å². The van der Waals surface area contributed by atoms with Crippen molar-refractivity contribution in [2.45, 2.75) is 0 Å². The SMILES string of the molecule is [2H]c1c([2H])c([2H])c(-c2c3ccccc3c(-c3ccc4c(c3)cc(-c3cccc5oc6c(-c7c([2H])c([2H])c([2H])c([2H])c7[2H])cccc6c35)c3ccc(-c5ccccc5)cc34)c3ccccc23)c([2H])c1[2H]. The number of rotatable bonds is 5. The van der Waals surface area contributed by atoms with Gasteiger partial charge in [-0.2, -0.15) is 0 Å². The van der Waals surface area contributed by atoms with Crippen LogP contribution in [0, 0.1) is 0 Å². The molecule has 0 saturated heterocycles. The van der Waals surface area contributed by atoms with E-state index >= 15 is 0 Å². The highest BCUT2D eigenvalue weighted by molar-refractivity contribution is 6.24. The molecule has 1 heteroatoms. The Balaban J connectivity index is 1.15. The largest absolute Gasteiger partial charge is 0.455 e. The van der Waals surface area contributed by atoms with Crippen molar-refractivity contribution < 1.29 is 18.1 Å². The standard InChI is InChI=1S/C58H36O/c1-4-16-37(17-5-1)40-30-33-45-52(35-40)43-32-31-41(56-48-24-12-10-22-46(48)55(39-20-8-3-9-21-39)47-23-11-13-25-49(47)56)34-42(43)36-53(45)50-27-15-29-54-57(50)51-28-14-26-44(58(51)59-54)38-18-6-2-7-19-38/h1-36H/i2D,3D,6D,7D,8D,9D,18D,19D,20D,21D. The van der Waals surface area contributed by atoms with Gasteiger partial charge >= 0.3 is 0 Å². The van der Waals surface area contributed by atoms with Gasteiger partial charge in [0.05, 0.1) is 13.7 Å². The van der Waals surface area contributed by atoms with E-state index < -0.39 is 24.2 Å². The molecule has 0 fully saturated rings. The number of hydrogen-bond donors (Lipinski definition) is 0. The third-order valence-electron chi connectivity index (χ3n) is 11.6. The first-order valence-electron chi connectivity index (χ1n) is 24.5. The fraction of sp³-hybridized carbons (Fsp3) is 0. The maximum Gasteiger partial charge on any atom is 0.143 e. The van der Waals surface area contributed by atoms with E-state index in [1.807, 2.05) is 91.0 Å². The highest BCUT2D eigenvalue weighted by atomic mass is 16.3. The average Bonchev–Trinajstić information content (AvgIpc) is 3.78. The van der Waals surface area contributed by atoms with Crippen molar-refractivity contribution in [1.29, 1.82) is 0 Å². The van der Waals surface area contributed by atoms with Gasteiger partial charge in [0.1, 0.15) is 11.2 Å². The van der Waals surface area contributed by atoms with E-state index in [0.717, 1.165) is 87.2 Å². The summed E-state index contributed by atoms with van der Waals surface area (Å²) in [5.74, 6) is 0. The number of furan rings is 1. The van der Waals surface area contributed by atoms with Crippen molar-refractivity contribution >= 4 is 65.0 Å². The molecule has 1 aromatic heterocycles. The van der Waals surface area contributed by atoms with Crippen LogP contribution in [0.2, 0.25) is 0 Å². The lowest BCUT2D eigenvalue weighted by Gasteiger charge is -2.19. The molecule has 0 aliphatic rings. The van der Waals surface area contributed by atoms with E-state index in [4.69, 9.17) is 18.1 Å². The van der Waals surface area contributed by atoms with Crippen LogP contribution in [0.3, 0.4) is 0 Å². The van der Waals surface area contributed by atoms with Crippen molar-refractivity contribution in [2.75, 3.05) is 0 Å². The molecule has 0 bridgehead atoms. The Morgan fingerprint density at radius 2 is 0.898 bits per heavy atom. The van der Waals surface area contributed by atoms with Gasteiger partial charge in [-0.3, -0.25) is 0 Å². The number of fused-ring (bicyclic) bond motifs is 8. The molecule has 0 atom stereocenters. The first-order chi connectivity index (χ1) is 33.4. The second kappa shape index (κ2) is 13.4. The van der Waals surface area contributed by atoms with Crippen molar-refractivity contribution in [2.24, 2.45) is 0 Å². The molecule has 12 rings (SSSR count). The van der Waals surface area contributed by atoms with Crippen LogP contribution in [0.1, 0.15) is 13.7 Å². The van der Waals surface area contributed by atoms with Crippen molar-refractivity contribution in [3.05, 3.63) is 218 Å². The van der Waals surface area contributed by atoms with Gasteiger partial charge in [0.15, 0.2) is 0 Å². The third kappa shape index (κ3) is 5.33. The Labute approximate surface area is 356 Å². The molecule has 12 aromatic rings. The van der Waals surface area contributed by atoms with Crippen molar-refractivity contribution in [1.82, 2.24) is 0 Å². The second-order valence-electron chi connectivity index (χ2n) is 14.8. The number of benzene rings is 11. The molecule has 11 aromatic carbocycles. The fourth-order valence-corrected chi connectivity index (χ4v) is 9.09. The molecule has 0 unspecified atom stereocenters. The van der Waals surface area contributed by atoms with Crippen LogP contribution in [0.4, 0.5) is 0 Å². The Morgan fingerprint density at radius 3 is 1.61 bits per heavy atom. The minimum Gasteiger partial charge on any atom is -0.455 e. The molecule has 0 saturated carbocycles. The highest BCUT2D eigenvalue weighted by Gasteiger charge is 2.20. The summed E-state index contributed by atoms with van der Waals surface area (Å²) in [5.41, 5.74) is 8.08. The third-order valence-corrected chi connectivity index (χ3v) is 11.6. The van der Waals surface area contributed by atoms with Crippen LogP contribution in [0.15, 0.2) is 223 Å². The lowest BCUT2D eigenvalue weighted by molar-refractivity contribution is 0.670. The van der Waals surface area contributed by atoms with Crippen LogP contribution < -0.4 is 0 Å². The van der Waals surface area contributed by atoms with Crippen LogP contribution in [-0.2, 0) is 0 Å². The van der Waals surface area contributed by atoms with Gasteiger partial charge < -0.3 is 4.42 Å². The number of hydrogen-bond acceptors (Lipinski definition) is 1. The second-order valence-corrected chi connectivity index (χ2v) is 14.8. The minimum atomic E-state index is -0.457. The topological polar surface area (TPSA) is 13.1 Å². The summed E-state index contributed by atoms with van der Waals surface area (Å²) in [6, 6.07) is 49.1. The molecule has 0 amide bonds. The maximum atomic E-state index is 9.02. The van der Waals surface area contributed by atoms with Gasteiger partial charge in [0.25, 0.3) is 0 Å². The molecule has 0 spiro atoms. The summed E-state index contributed by atoms with van der Waals surface area (Å²) in [7, 11) is 0. The van der Waals surface area contributed by atoms with E-state index in [2.05, 4.69) is 60.7 Å². The molecular formula is C58H36O. The van der Waals surface area contributed by atoms with Crippen LogP contribution >= 0.6 is 0 Å². The summed E-state index contributed by atoms with van der Waals surface area (Å²) in [6.45, 7) is 0. The van der Waals surface area contributed by atoms with Crippen LogP contribution in [0.25, 0.3) is 121 Å². The first kappa shape index (κ1) is 24.8. The molecule has 0 radical (unpaired) electrons. The molecule has 1 heterocycles. The monoisotopic (exact) mass is 758 g/mol. The summed E-state index contributed by atoms with van der Waals surface area (Å²) < 4.78 is 92.8. The lowest BCUT2D eigenvalue weighted by Crippen LogP contribution is -1.91. The summed E-state index contributed by atoms with van der Waals surface area (Å²) in [5, 5.41) is 8.87. The first-order valence-corrected chi connectivity index (χ1v) is 19.5. The van der Waals surface area contributed by atoms with Crippen molar-refractivity contribution in [3.8, 4) is 55.6 Å². The van der Waals surface area contributed by atoms with Crippen LogP contribution in [0.5, 0.6) is 0 Å². The number of para-hydroxylation sites is 1. The van der Waals surface area contributed by atoms with Crippen LogP contribution in [-0.4, -0.2) is 0 Å². The van der Waals surface area contributed by atoms with E-state index in [0.29, 0.717) is 22.3 Å². The molecule has 0 N–H and O–H groups in total. The zero-order valence-electron chi connectivity index (χ0n) is 41.4. The maximum absolute atomic E-state index is 9.02. The quantitative estimate of drug-likeness (QED) is 0.126. The van der Waals surface area contributed by atoms with E-state index in [1.54, 1.807) is 6.07 Å².